The topological polar surface area (TPSA) is 66.8 Å². The van der Waals surface area contributed by atoms with Gasteiger partial charge in [0.05, 0.1) is 0 Å². The Labute approximate surface area is 201 Å². The minimum atomic E-state index is -0.992. The predicted molar refractivity (Wildman–Crippen MR) is 132 cm³/mol. The maximum absolute atomic E-state index is 12.9. The van der Waals surface area contributed by atoms with E-state index >= 15 is 0 Å². The van der Waals surface area contributed by atoms with E-state index in [1.54, 1.807) is 0 Å². The fourth-order valence-corrected chi connectivity index (χ4v) is 4.63. The molecule has 1 atom stereocenters. The van der Waals surface area contributed by atoms with Gasteiger partial charge in [0.1, 0.15) is 17.9 Å². The lowest BCUT2D eigenvalue weighted by Gasteiger charge is -2.24. The van der Waals surface area contributed by atoms with Gasteiger partial charge in [0.2, 0.25) is 5.91 Å². The number of amides is 1. The summed E-state index contributed by atoms with van der Waals surface area (Å²) in [5, 5.41) is 9.27. The summed E-state index contributed by atoms with van der Waals surface area (Å²) in [6.45, 7) is 2.26. The van der Waals surface area contributed by atoms with E-state index in [2.05, 4.69) is 25.1 Å². The molecule has 0 spiro atoms. The first-order chi connectivity index (χ1) is 16.4. The molecule has 0 aliphatic carbocycles. The monoisotopic (exact) mass is 457 g/mol. The third kappa shape index (κ3) is 6.25. The number of ether oxygens (including phenoxy) is 1. The number of hydrogen-bond acceptors (Lipinski definition) is 3. The third-order valence-electron chi connectivity index (χ3n) is 6.29. The molecular formula is C29H31NO4. The smallest absolute Gasteiger partial charge is 0.323 e. The number of hydrogen-bond donors (Lipinski definition) is 1. The number of nitrogens with zero attached hydrogens (tertiary/aromatic N) is 1. The van der Waals surface area contributed by atoms with Crippen molar-refractivity contribution in [1.82, 2.24) is 4.90 Å². The Bertz CT molecular complexity index is 1130. The Kier molecular flexibility index (Phi) is 7.31. The van der Waals surface area contributed by atoms with E-state index in [1.165, 1.54) is 10.5 Å². The van der Waals surface area contributed by atoms with E-state index in [0.717, 1.165) is 35.3 Å². The summed E-state index contributed by atoms with van der Waals surface area (Å²) < 4.78 is 6.29. The van der Waals surface area contributed by atoms with Crippen LogP contribution >= 0.6 is 0 Å². The van der Waals surface area contributed by atoms with Gasteiger partial charge >= 0.3 is 5.97 Å². The Morgan fingerprint density at radius 3 is 2.26 bits per heavy atom. The fraction of sp³-hybridized carbons (Fsp3) is 0.310. The van der Waals surface area contributed by atoms with Crippen LogP contribution in [0, 0.1) is 0 Å². The summed E-state index contributed by atoms with van der Waals surface area (Å²) in [5.74, 6) is -0.221. The van der Waals surface area contributed by atoms with Crippen molar-refractivity contribution < 1.29 is 19.4 Å². The first-order valence-electron chi connectivity index (χ1n) is 11.8. The van der Waals surface area contributed by atoms with Crippen molar-refractivity contribution in [2.24, 2.45) is 0 Å². The number of carboxylic acids is 1. The molecule has 0 aromatic heterocycles. The van der Waals surface area contributed by atoms with Gasteiger partial charge in [0.25, 0.3) is 0 Å². The van der Waals surface area contributed by atoms with Gasteiger partial charge in [-0.2, -0.15) is 0 Å². The molecule has 4 rings (SSSR count). The molecule has 1 N–H and O–H groups in total. The normalized spacial score (nSPS) is 16.5. The van der Waals surface area contributed by atoms with Gasteiger partial charge in [-0.3, -0.25) is 9.59 Å². The maximum atomic E-state index is 12.9. The van der Waals surface area contributed by atoms with Crippen LogP contribution in [0.2, 0.25) is 0 Å². The molecule has 3 aromatic rings. The Hall–Kier alpha value is -3.60. The maximum Gasteiger partial charge on any atom is 0.323 e. The molecule has 1 aliphatic rings. The molecule has 3 aromatic carbocycles. The third-order valence-corrected chi connectivity index (χ3v) is 6.29. The summed E-state index contributed by atoms with van der Waals surface area (Å²) in [6, 6.07) is 26.3. The van der Waals surface area contributed by atoms with Crippen LogP contribution in [0.1, 0.15) is 35.6 Å². The molecule has 1 aliphatic heterocycles. The average molecular weight is 458 g/mol. The second-order valence-corrected chi connectivity index (χ2v) is 9.28. The summed E-state index contributed by atoms with van der Waals surface area (Å²) >= 11 is 0. The number of rotatable bonds is 10. The zero-order chi connectivity index (χ0) is 24.0. The van der Waals surface area contributed by atoms with Crippen molar-refractivity contribution >= 4 is 11.9 Å². The molecule has 0 saturated heterocycles. The van der Waals surface area contributed by atoms with Crippen molar-refractivity contribution in [2.75, 3.05) is 13.1 Å². The van der Waals surface area contributed by atoms with Crippen molar-refractivity contribution in [3.8, 4) is 5.75 Å². The van der Waals surface area contributed by atoms with E-state index in [0.29, 0.717) is 19.4 Å². The number of benzene rings is 3. The Balaban J connectivity index is 1.35. The summed E-state index contributed by atoms with van der Waals surface area (Å²) in [5.41, 5.74) is 4.28. The lowest BCUT2D eigenvalue weighted by atomic mass is 9.91. The van der Waals surface area contributed by atoms with Crippen molar-refractivity contribution in [3.63, 3.8) is 0 Å². The van der Waals surface area contributed by atoms with Gasteiger partial charge in [-0.15, -0.1) is 0 Å². The quantitative estimate of drug-likeness (QED) is 0.479. The van der Waals surface area contributed by atoms with Crippen LogP contribution in [-0.2, 0) is 35.3 Å². The van der Waals surface area contributed by atoms with Crippen LogP contribution in [-0.4, -0.2) is 40.6 Å². The van der Waals surface area contributed by atoms with E-state index in [1.807, 2.05) is 60.7 Å². The minimum Gasteiger partial charge on any atom is -0.487 e. The highest BCUT2D eigenvalue weighted by Crippen LogP contribution is 2.37. The van der Waals surface area contributed by atoms with E-state index < -0.39 is 5.97 Å². The molecule has 0 radical (unpaired) electrons. The van der Waals surface area contributed by atoms with E-state index in [4.69, 9.17) is 4.74 Å². The lowest BCUT2D eigenvalue weighted by molar-refractivity contribution is -0.144. The number of fused-ring (bicyclic) bond motifs is 1. The van der Waals surface area contributed by atoms with Gasteiger partial charge in [-0.1, -0.05) is 72.8 Å². The van der Waals surface area contributed by atoms with Gasteiger partial charge in [0.15, 0.2) is 0 Å². The number of aliphatic carboxylic acids is 1. The largest absolute Gasteiger partial charge is 0.487 e. The Morgan fingerprint density at radius 1 is 0.912 bits per heavy atom. The zero-order valence-electron chi connectivity index (χ0n) is 19.6. The second kappa shape index (κ2) is 10.6. The zero-order valence-corrected chi connectivity index (χ0v) is 19.6. The fourth-order valence-electron chi connectivity index (χ4n) is 4.63. The Morgan fingerprint density at radius 2 is 1.59 bits per heavy atom. The number of carboxylic acid groups (broad SMARTS) is 1. The summed E-state index contributed by atoms with van der Waals surface area (Å²) in [6.07, 6.45) is 3.14. The van der Waals surface area contributed by atoms with E-state index in [9.17, 15) is 14.7 Å². The summed E-state index contributed by atoms with van der Waals surface area (Å²) in [4.78, 5) is 25.6. The molecule has 0 saturated carbocycles. The van der Waals surface area contributed by atoms with Gasteiger partial charge in [0, 0.05) is 25.8 Å². The second-order valence-electron chi connectivity index (χ2n) is 9.28. The SMILES string of the molecule is C[C@@]1(Cc2ccccc2)Cc2cc(CCC(=O)N(CCc3ccccc3)CC(=O)O)ccc2O1. The van der Waals surface area contributed by atoms with Crippen LogP contribution in [0.5, 0.6) is 5.75 Å². The summed E-state index contributed by atoms with van der Waals surface area (Å²) in [7, 11) is 0. The van der Waals surface area contributed by atoms with Crippen LogP contribution in [0.25, 0.3) is 0 Å². The minimum absolute atomic E-state index is 0.135. The van der Waals surface area contributed by atoms with Crippen LogP contribution in [0.15, 0.2) is 78.9 Å². The molecule has 5 nitrogen and oxygen atoms in total. The van der Waals surface area contributed by atoms with Gasteiger partial charge in [-0.25, -0.2) is 0 Å². The van der Waals surface area contributed by atoms with Gasteiger partial charge < -0.3 is 14.7 Å². The van der Waals surface area contributed by atoms with Crippen LogP contribution in [0.3, 0.4) is 0 Å². The average Bonchev–Trinajstić information content (AvgIpc) is 3.16. The molecule has 34 heavy (non-hydrogen) atoms. The molecule has 176 valence electrons. The van der Waals surface area contributed by atoms with Crippen molar-refractivity contribution in [2.45, 2.75) is 44.6 Å². The number of aryl methyl sites for hydroxylation is 1. The molecule has 1 heterocycles. The van der Waals surface area contributed by atoms with Crippen molar-refractivity contribution in [1.29, 1.82) is 0 Å². The van der Waals surface area contributed by atoms with Crippen LogP contribution in [0.4, 0.5) is 0 Å². The first kappa shape index (κ1) is 23.6. The molecular weight excluding hydrogens is 426 g/mol. The first-order valence-corrected chi connectivity index (χ1v) is 11.8. The number of carbonyl (C=O) groups excluding carboxylic acids is 1. The molecule has 0 unspecified atom stereocenters. The van der Waals surface area contributed by atoms with E-state index in [-0.39, 0.29) is 24.5 Å². The lowest BCUT2D eigenvalue weighted by Crippen LogP contribution is -2.37. The number of carbonyl (C=O) groups is 2. The highest BCUT2D eigenvalue weighted by Gasteiger charge is 2.35. The highest BCUT2D eigenvalue weighted by molar-refractivity contribution is 5.81. The molecule has 0 bridgehead atoms. The van der Waals surface area contributed by atoms with Gasteiger partial charge in [-0.05, 0) is 48.1 Å². The predicted octanol–water partition coefficient (Wildman–Crippen LogP) is 4.71. The van der Waals surface area contributed by atoms with Crippen LogP contribution < -0.4 is 4.74 Å². The van der Waals surface area contributed by atoms with Crippen molar-refractivity contribution in [3.05, 3.63) is 101 Å². The standard InChI is InChI=1S/C29H31NO4/c1-29(19-24-10-6-3-7-11-24)20-25-18-23(12-14-26(25)34-29)13-15-27(31)30(21-28(32)33)17-16-22-8-4-2-5-9-22/h2-12,14,18H,13,15-17,19-21H2,1H3,(H,32,33)/t29-/m1/s1. The molecule has 1 amide bonds. The molecule has 5 heteroatoms. The molecule has 0 fully saturated rings. The highest BCUT2D eigenvalue weighted by atomic mass is 16.5.